The van der Waals surface area contributed by atoms with Crippen LogP contribution in [0.3, 0.4) is 0 Å². The van der Waals surface area contributed by atoms with Crippen molar-refractivity contribution in [2.75, 3.05) is 52.9 Å². The van der Waals surface area contributed by atoms with E-state index in [1.807, 2.05) is 23.8 Å². The van der Waals surface area contributed by atoms with E-state index >= 15 is 8.78 Å². The van der Waals surface area contributed by atoms with Crippen molar-refractivity contribution in [2.45, 2.75) is 107 Å². The highest BCUT2D eigenvalue weighted by molar-refractivity contribution is 5.80. The number of likely N-dealkylation sites (N-methyl/N-ethyl adjacent to an activating group) is 1. The van der Waals surface area contributed by atoms with Crippen molar-refractivity contribution >= 4 is 11.8 Å². The first-order chi connectivity index (χ1) is 20.0. The van der Waals surface area contributed by atoms with Crippen molar-refractivity contribution in [3.05, 3.63) is 0 Å². The van der Waals surface area contributed by atoms with Crippen LogP contribution in [-0.4, -0.2) is 134 Å². The van der Waals surface area contributed by atoms with Gasteiger partial charge in [-0.2, -0.15) is 0 Å². The summed E-state index contributed by atoms with van der Waals surface area (Å²) in [7, 11) is 1.97. The molecule has 2 saturated carbocycles. The predicted molar refractivity (Wildman–Crippen MR) is 157 cm³/mol. The standard InChI is InChI=1S/C30H52F2N8O2/c1-17-25(28(33)37-23-12-20(31)26(35-17)18-4-7-30(23,2)13-18)29(42)36-22-15-34-14-21(32)27(22)39-8-5-19(6-9-39)40-11-10-38(3)16-24(40)41/h17-23,25-28,34-35,37H,4-16,33H2,1-3H3,(H,36,42). The number of nitrogens with zero attached hydrogens (tertiary/aromatic N) is 3. The number of rotatable bonds is 4. The molecule has 11 atom stereocenters. The SMILES string of the molecule is CC1NC2C(F)CC(NC(N)C1C(=O)NC1CNCC(F)C1N1CCC(N3CCN(C)CC3=O)CC1)C1(C)CCC2C1. The number of hydrogen-bond acceptors (Lipinski definition) is 8. The zero-order valence-electron chi connectivity index (χ0n) is 25.5. The number of nitrogens with one attached hydrogen (secondary N) is 4. The average molecular weight is 595 g/mol. The Morgan fingerprint density at radius 3 is 2.57 bits per heavy atom. The summed E-state index contributed by atoms with van der Waals surface area (Å²) in [4.78, 5) is 32.9. The topological polar surface area (TPSA) is 118 Å². The zero-order valence-corrected chi connectivity index (χ0v) is 25.5. The van der Waals surface area contributed by atoms with Gasteiger partial charge in [0.2, 0.25) is 11.8 Å². The zero-order chi connectivity index (χ0) is 29.8. The molecule has 0 aromatic heterocycles. The van der Waals surface area contributed by atoms with Gasteiger partial charge < -0.3 is 26.6 Å². The number of likely N-dealkylation sites (tertiary alicyclic amines) is 1. The number of hydrogen-bond donors (Lipinski definition) is 5. The van der Waals surface area contributed by atoms with E-state index in [4.69, 9.17) is 5.73 Å². The van der Waals surface area contributed by atoms with Crippen LogP contribution in [0.15, 0.2) is 0 Å². The van der Waals surface area contributed by atoms with Gasteiger partial charge in [-0.3, -0.25) is 24.7 Å². The molecule has 4 heterocycles. The molecule has 4 saturated heterocycles. The van der Waals surface area contributed by atoms with Gasteiger partial charge in [-0.05, 0) is 63.8 Å². The van der Waals surface area contributed by atoms with Crippen LogP contribution in [0.25, 0.3) is 0 Å². The molecule has 0 spiro atoms. The summed E-state index contributed by atoms with van der Waals surface area (Å²) in [6.07, 6.45) is 2.22. The van der Waals surface area contributed by atoms with Crippen LogP contribution in [0, 0.1) is 17.3 Å². The number of alkyl halides is 2. The Kier molecular flexibility index (Phi) is 8.85. The number of nitrogens with two attached hydrogens (primary N) is 1. The van der Waals surface area contributed by atoms with E-state index in [1.165, 1.54) is 0 Å². The maximum absolute atomic E-state index is 15.6. The van der Waals surface area contributed by atoms with E-state index in [0.29, 0.717) is 32.6 Å². The van der Waals surface area contributed by atoms with Crippen LogP contribution < -0.4 is 27.0 Å². The quantitative estimate of drug-likeness (QED) is 0.304. The lowest BCUT2D eigenvalue weighted by molar-refractivity contribution is -0.139. The highest BCUT2D eigenvalue weighted by Gasteiger charge is 2.53. The Morgan fingerprint density at radius 1 is 1.07 bits per heavy atom. The van der Waals surface area contributed by atoms with E-state index in [9.17, 15) is 9.59 Å². The maximum atomic E-state index is 15.6. The summed E-state index contributed by atoms with van der Waals surface area (Å²) >= 11 is 0. The summed E-state index contributed by atoms with van der Waals surface area (Å²) in [6.45, 7) is 8.32. The maximum Gasteiger partial charge on any atom is 0.237 e. The largest absolute Gasteiger partial charge is 0.350 e. The average Bonchev–Trinajstić information content (AvgIpc) is 3.31. The molecule has 42 heavy (non-hydrogen) atoms. The number of fused-ring (bicyclic) bond motifs is 7. The van der Waals surface area contributed by atoms with Crippen molar-refractivity contribution in [3.63, 3.8) is 0 Å². The van der Waals surface area contributed by atoms with Crippen LogP contribution in [-0.2, 0) is 9.59 Å². The number of carbonyl (C=O) groups is 2. The molecule has 10 nitrogen and oxygen atoms in total. The Balaban J connectivity index is 1.13. The number of piperidine rings is 2. The van der Waals surface area contributed by atoms with Gasteiger partial charge in [0.25, 0.3) is 0 Å². The minimum absolute atomic E-state index is 0.0364. The fourth-order valence-electron chi connectivity index (χ4n) is 9.30. The molecule has 0 aromatic rings. The van der Waals surface area contributed by atoms with Crippen LogP contribution in [0.2, 0.25) is 0 Å². The lowest BCUT2D eigenvalue weighted by Crippen LogP contribution is -2.68. The third-order valence-corrected chi connectivity index (χ3v) is 11.7. The second-order valence-electron chi connectivity index (χ2n) is 14.5. The Labute approximate surface area is 249 Å². The summed E-state index contributed by atoms with van der Waals surface area (Å²) in [5.41, 5.74) is 6.69. The van der Waals surface area contributed by atoms with Crippen molar-refractivity contribution in [1.82, 2.24) is 36.0 Å². The fraction of sp³-hybridized carbons (Fsp3) is 0.933. The first-order valence-corrected chi connectivity index (χ1v) is 16.3. The van der Waals surface area contributed by atoms with Gasteiger partial charge in [-0.1, -0.05) is 6.92 Å². The molecule has 6 fully saturated rings. The molecule has 12 heteroatoms. The van der Waals surface area contributed by atoms with Gasteiger partial charge in [0.05, 0.1) is 30.7 Å². The van der Waals surface area contributed by atoms with Gasteiger partial charge in [0, 0.05) is 63.4 Å². The normalized spacial score (nSPS) is 46.1. The summed E-state index contributed by atoms with van der Waals surface area (Å²) in [5.74, 6) is -0.422. The lowest BCUT2D eigenvalue weighted by Gasteiger charge is -2.47. The highest BCUT2D eigenvalue weighted by Crippen LogP contribution is 2.51. The van der Waals surface area contributed by atoms with Crippen molar-refractivity contribution < 1.29 is 18.4 Å². The molecule has 6 rings (SSSR count). The number of carbonyl (C=O) groups excluding carboxylic acids is 2. The van der Waals surface area contributed by atoms with Crippen molar-refractivity contribution in [3.8, 4) is 0 Å². The van der Waals surface area contributed by atoms with E-state index in [-0.39, 0.29) is 53.9 Å². The first-order valence-electron chi connectivity index (χ1n) is 16.3. The molecular weight excluding hydrogens is 542 g/mol. The number of piperazine rings is 1. The number of amides is 2. The van der Waals surface area contributed by atoms with Crippen LogP contribution in [0.4, 0.5) is 8.78 Å². The van der Waals surface area contributed by atoms with Crippen LogP contribution in [0.5, 0.6) is 0 Å². The van der Waals surface area contributed by atoms with E-state index in [1.54, 1.807) is 0 Å². The molecule has 2 aliphatic carbocycles. The van der Waals surface area contributed by atoms with Gasteiger partial charge >= 0.3 is 0 Å². The Bertz CT molecular complexity index is 1000. The molecular formula is C30H52F2N8O2. The monoisotopic (exact) mass is 594 g/mol. The number of halogens is 2. The summed E-state index contributed by atoms with van der Waals surface area (Å²) in [5, 5.41) is 13.4. The molecule has 238 valence electrons. The van der Waals surface area contributed by atoms with Gasteiger partial charge in [0.1, 0.15) is 12.3 Å². The Morgan fingerprint density at radius 2 is 1.83 bits per heavy atom. The minimum atomic E-state index is -1.13. The highest BCUT2D eigenvalue weighted by atomic mass is 19.1. The van der Waals surface area contributed by atoms with Crippen LogP contribution in [0.1, 0.15) is 52.4 Å². The van der Waals surface area contributed by atoms with Gasteiger partial charge in [-0.15, -0.1) is 0 Å². The molecule has 4 aliphatic heterocycles. The van der Waals surface area contributed by atoms with E-state index < -0.39 is 36.5 Å². The molecule has 0 aromatic carbocycles. The Hall–Kier alpha value is -1.44. The molecule has 2 amide bonds. The second kappa shape index (κ2) is 12.2. The lowest BCUT2D eigenvalue weighted by atomic mass is 9.78. The minimum Gasteiger partial charge on any atom is -0.350 e. The smallest absolute Gasteiger partial charge is 0.237 e. The second-order valence-corrected chi connectivity index (χ2v) is 14.5. The van der Waals surface area contributed by atoms with Crippen molar-refractivity contribution in [1.29, 1.82) is 0 Å². The third kappa shape index (κ3) is 5.83. The summed E-state index contributed by atoms with van der Waals surface area (Å²) < 4.78 is 31.1. The molecule has 6 aliphatic rings. The van der Waals surface area contributed by atoms with Crippen LogP contribution >= 0.6 is 0 Å². The van der Waals surface area contributed by atoms with Gasteiger partial charge in [-0.25, -0.2) is 8.78 Å². The molecule has 4 bridgehead atoms. The first kappa shape index (κ1) is 30.6. The third-order valence-electron chi connectivity index (χ3n) is 11.7. The molecule has 11 unspecified atom stereocenters. The van der Waals surface area contributed by atoms with E-state index in [2.05, 4.69) is 33.1 Å². The van der Waals surface area contributed by atoms with E-state index in [0.717, 1.165) is 45.2 Å². The van der Waals surface area contributed by atoms with Crippen molar-refractivity contribution in [2.24, 2.45) is 23.0 Å². The fourth-order valence-corrected chi connectivity index (χ4v) is 9.30. The molecule has 0 radical (unpaired) electrons. The summed E-state index contributed by atoms with van der Waals surface area (Å²) in [6, 6.07) is -1.41. The molecule has 6 N–H and O–H groups in total. The predicted octanol–water partition coefficient (Wildman–Crippen LogP) is -0.213. The van der Waals surface area contributed by atoms with Gasteiger partial charge in [0.15, 0.2) is 0 Å².